The fraction of sp³-hybridized carbons (Fsp3) is 0.947. The lowest BCUT2D eigenvalue weighted by atomic mass is 9.54. The zero-order valence-electron chi connectivity index (χ0n) is 15.6. The molecule has 4 aliphatic rings. The normalized spacial score (nSPS) is 34.8. The molecule has 4 fully saturated rings. The highest BCUT2D eigenvalue weighted by Crippen LogP contribution is 2.60. The summed E-state index contributed by atoms with van der Waals surface area (Å²) in [6.07, 6.45) is 7.06. The van der Waals surface area contributed by atoms with Crippen molar-refractivity contribution >= 4 is 5.96 Å². The summed E-state index contributed by atoms with van der Waals surface area (Å²) in [4.78, 5) is 7.31. The van der Waals surface area contributed by atoms with E-state index in [0.29, 0.717) is 23.5 Å². The molecule has 3 unspecified atom stereocenters. The smallest absolute Gasteiger partial charge is 0.191 e. The van der Waals surface area contributed by atoms with Crippen molar-refractivity contribution in [3.8, 4) is 0 Å². The molecule has 2 N–H and O–H groups in total. The third-order valence-electron chi connectivity index (χ3n) is 6.71. The third-order valence-corrected chi connectivity index (χ3v) is 6.71. The first-order valence-corrected chi connectivity index (χ1v) is 10.3. The van der Waals surface area contributed by atoms with Crippen molar-refractivity contribution in [1.82, 2.24) is 15.5 Å². The van der Waals surface area contributed by atoms with Gasteiger partial charge in [0.2, 0.25) is 0 Å². The molecule has 6 heteroatoms. The van der Waals surface area contributed by atoms with Gasteiger partial charge in [-0.25, -0.2) is 0 Å². The number of hydrogen-bond donors (Lipinski definition) is 2. The first-order valence-electron chi connectivity index (χ1n) is 10.3. The van der Waals surface area contributed by atoms with E-state index < -0.39 is 0 Å². The number of fused-ring (bicyclic) bond motifs is 2. The zero-order valence-corrected chi connectivity index (χ0v) is 15.6. The van der Waals surface area contributed by atoms with Crippen LogP contribution >= 0.6 is 0 Å². The zero-order chi connectivity index (χ0) is 17.1. The van der Waals surface area contributed by atoms with E-state index in [1.807, 2.05) is 0 Å². The highest BCUT2D eigenvalue weighted by atomic mass is 16.5. The summed E-state index contributed by atoms with van der Waals surface area (Å²) < 4.78 is 11.5. The first-order chi connectivity index (χ1) is 12.3. The molecular weight excluding hydrogens is 316 g/mol. The number of aliphatic imine (C=N–C) groups is 1. The van der Waals surface area contributed by atoms with Crippen LogP contribution in [0.5, 0.6) is 0 Å². The van der Waals surface area contributed by atoms with Gasteiger partial charge in [0, 0.05) is 50.2 Å². The van der Waals surface area contributed by atoms with Crippen molar-refractivity contribution in [2.24, 2.45) is 16.3 Å². The molecule has 2 saturated heterocycles. The Bertz CT molecular complexity index is 472. The SMILES string of the molecule is CCNC(=NCCN1CCOCC1)NC1C2CCOC2C12CCCC2. The van der Waals surface area contributed by atoms with Crippen molar-refractivity contribution in [1.29, 1.82) is 0 Å². The molecule has 0 aromatic heterocycles. The topological polar surface area (TPSA) is 58.1 Å². The van der Waals surface area contributed by atoms with E-state index in [-0.39, 0.29) is 0 Å². The van der Waals surface area contributed by atoms with E-state index in [1.165, 1.54) is 32.1 Å². The van der Waals surface area contributed by atoms with Gasteiger partial charge in [0.15, 0.2) is 5.96 Å². The standard InChI is InChI=1S/C19H34N4O2/c1-2-20-18(21-8-9-23-10-13-24-14-11-23)22-16-15-5-12-25-17(15)19(16)6-3-4-7-19/h15-17H,2-14H2,1H3,(H2,20,21,22). The molecule has 2 aliphatic heterocycles. The Morgan fingerprint density at radius 2 is 2.00 bits per heavy atom. The van der Waals surface area contributed by atoms with Crippen LogP contribution in [0.1, 0.15) is 39.0 Å². The molecule has 142 valence electrons. The second-order valence-electron chi connectivity index (χ2n) is 8.02. The average Bonchev–Trinajstić information content (AvgIpc) is 3.29. The molecule has 2 heterocycles. The van der Waals surface area contributed by atoms with Gasteiger partial charge in [0.1, 0.15) is 0 Å². The number of hydrogen-bond acceptors (Lipinski definition) is 4. The molecule has 3 atom stereocenters. The molecule has 25 heavy (non-hydrogen) atoms. The van der Waals surface area contributed by atoms with Crippen LogP contribution in [0.25, 0.3) is 0 Å². The largest absolute Gasteiger partial charge is 0.379 e. The van der Waals surface area contributed by atoms with Crippen molar-refractivity contribution in [2.75, 3.05) is 52.5 Å². The van der Waals surface area contributed by atoms with Gasteiger partial charge in [-0.05, 0) is 26.2 Å². The summed E-state index contributed by atoms with van der Waals surface area (Å²) in [5, 5.41) is 7.27. The number of ether oxygens (including phenoxy) is 2. The van der Waals surface area contributed by atoms with Crippen LogP contribution in [-0.2, 0) is 9.47 Å². The van der Waals surface area contributed by atoms with Gasteiger partial charge in [-0.3, -0.25) is 9.89 Å². The molecule has 0 bridgehead atoms. The average molecular weight is 351 g/mol. The minimum absolute atomic E-state index is 0.377. The summed E-state index contributed by atoms with van der Waals surface area (Å²) in [5.74, 6) is 1.68. The van der Waals surface area contributed by atoms with Gasteiger partial charge in [0.05, 0.1) is 25.9 Å². The van der Waals surface area contributed by atoms with Crippen molar-refractivity contribution in [2.45, 2.75) is 51.2 Å². The second-order valence-corrected chi connectivity index (χ2v) is 8.02. The predicted molar refractivity (Wildman–Crippen MR) is 98.9 cm³/mol. The first kappa shape index (κ1) is 17.6. The lowest BCUT2D eigenvalue weighted by Crippen LogP contribution is -2.69. The number of morpholine rings is 1. The van der Waals surface area contributed by atoms with Crippen molar-refractivity contribution in [3.63, 3.8) is 0 Å². The highest BCUT2D eigenvalue weighted by molar-refractivity contribution is 5.80. The number of guanidine groups is 1. The van der Waals surface area contributed by atoms with Crippen LogP contribution in [0.2, 0.25) is 0 Å². The van der Waals surface area contributed by atoms with Gasteiger partial charge < -0.3 is 20.1 Å². The Kier molecular flexibility index (Phi) is 5.48. The summed E-state index contributed by atoms with van der Waals surface area (Å²) in [5.41, 5.74) is 0.377. The van der Waals surface area contributed by atoms with E-state index in [4.69, 9.17) is 14.5 Å². The minimum Gasteiger partial charge on any atom is -0.379 e. The van der Waals surface area contributed by atoms with Crippen LogP contribution in [0, 0.1) is 11.3 Å². The van der Waals surface area contributed by atoms with E-state index in [0.717, 1.165) is 58.5 Å². The van der Waals surface area contributed by atoms with Crippen LogP contribution in [0.15, 0.2) is 4.99 Å². The van der Waals surface area contributed by atoms with Gasteiger partial charge in [-0.15, -0.1) is 0 Å². The molecule has 0 amide bonds. The lowest BCUT2D eigenvalue weighted by molar-refractivity contribution is -0.125. The quantitative estimate of drug-likeness (QED) is 0.577. The monoisotopic (exact) mass is 350 g/mol. The molecule has 6 nitrogen and oxygen atoms in total. The summed E-state index contributed by atoms with van der Waals surface area (Å²) in [7, 11) is 0. The molecule has 0 aromatic carbocycles. The van der Waals surface area contributed by atoms with Gasteiger partial charge in [-0.1, -0.05) is 12.8 Å². The fourth-order valence-electron chi connectivity index (χ4n) is 5.50. The van der Waals surface area contributed by atoms with Crippen LogP contribution in [-0.4, -0.2) is 75.5 Å². The van der Waals surface area contributed by atoms with Crippen molar-refractivity contribution in [3.05, 3.63) is 0 Å². The Hall–Kier alpha value is -0.850. The van der Waals surface area contributed by atoms with Gasteiger partial charge in [-0.2, -0.15) is 0 Å². The maximum Gasteiger partial charge on any atom is 0.191 e. The Morgan fingerprint density at radius 1 is 1.20 bits per heavy atom. The number of rotatable bonds is 5. The maximum absolute atomic E-state index is 6.10. The third kappa shape index (κ3) is 3.40. The summed E-state index contributed by atoms with van der Waals surface area (Å²) >= 11 is 0. The van der Waals surface area contributed by atoms with E-state index >= 15 is 0 Å². The molecule has 1 spiro atoms. The fourth-order valence-corrected chi connectivity index (χ4v) is 5.50. The van der Waals surface area contributed by atoms with E-state index in [1.54, 1.807) is 0 Å². The van der Waals surface area contributed by atoms with Crippen LogP contribution in [0.4, 0.5) is 0 Å². The molecule has 0 aromatic rings. The molecule has 2 saturated carbocycles. The Labute approximate surface area is 151 Å². The van der Waals surface area contributed by atoms with Crippen LogP contribution in [0.3, 0.4) is 0 Å². The Balaban J connectivity index is 1.36. The minimum atomic E-state index is 0.377. The van der Waals surface area contributed by atoms with Gasteiger partial charge >= 0.3 is 0 Å². The van der Waals surface area contributed by atoms with Crippen molar-refractivity contribution < 1.29 is 9.47 Å². The summed E-state index contributed by atoms with van der Waals surface area (Å²) in [6.45, 7) is 9.65. The molecule has 2 aliphatic carbocycles. The highest BCUT2D eigenvalue weighted by Gasteiger charge is 2.65. The molecule has 0 radical (unpaired) electrons. The maximum atomic E-state index is 6.10. The van der Waals surface area contributed by atoms with E-state index in [9.17, 15) is 0 Å². The second kappa shape index (κ2) is 7.80. The number of nitrogens with one attached hydrogen (secondary N) is 2. The van der Waals surface area contributed by atoms with E-state index in [2.05, 4.69) is 22.5 Å². The lowest BCUT2D eigenvalue weighted by Gasteiger charge is -2.57. The molecule has 4 rings (SSSR count). The molecular formula is C19H34N4O2. The predicted octanol–water partition coefficient (Wildman–Crippen LogP) is 1.22. The van der Waals surface area contributed by atoms with Crippen LogP contribution < -0.4 is 10.6 Å². The van der Waals surface area contributed by atoms with Gasteiger partial charge in [0.25, 0.3) is 0 Å². The number of nitrogens with zero attached hydrogens (tertiary/aromatic N) is 2. The Morgan fingerprint density at radius 3 is 2.76 bits per heavy atom. The summed E-state index contributed by atoms with van der Waals surface area (Å²) in [6, 6.07) is 0.545.